The molecule has 2 aromatic heterocycles. The number of hydrogen-bond acceptors (Lipinski definition) is 8. The van der Waals surface area contributed by atoms with Crippen molar-refractivity contribution in [3.05, 3.63) is 36.2 Å². The van der Waals surface area contributed by atoms with Gasteiger partial charge in [-0.2, -0.15) is 0 Å². The van der Waals surface area contributed by atoms with Crippen LogP contribution in [0.15, 0.2) is 35.5 Å². The summed E-state index contributed by atoms with van der Waals surface area (Å²) in [5, 5.41) is 7.41. The molecule has 3 aromatic rings. The average molecular weight is 403 g/mol. The molecule has 0 saturated carbocycles. The van der Waals surface area contributed by atoms with Crippen molar-refractivity contribution in [3.8, 4) is 0 Å². The van der Waals surface area contributed by atoms with Crippen LogP contribution in [0.3, 0.4) is 0 Å². The maximum absolute atomic E-state index is 12.1. The van der Waals surface area contributed by atoms with E-state index in [0.29, 0.717) is 11.5 Å². The molecule has 0 aliphatic rings. The van der Waals surface area contributed by atoms with E-state index in [1.54, 1.807) is 42.1 Å². The van der Waals surface area contributed by atoms with Gasteiger partial charge in [-0.15, -0.1) is 11.8 Å². The largest absolute Gasteiger partial charge is 0.361 e. The van der Waals surface area contributed by atoms with Gasteiger partial charge in [0.1, 0.15) is 0 Å². The lowest BCUT2D eigenvalue weighted by Gasteiger charge is -2.09. The van der Waals surface area contributed by atoms with Crippen molar-refractivity contribution in [3.63, 3.8) is 0 Å². The smallest absolute Gasteiger partial charge is 0.253 e. The first-order valence-corrected chi connectivity index (χ1v) is 10.6. The van der Waals surface area contributed by atoms with Crippen LogP contribution in [-0.2, 0) is 0 Å². The Morgan fingerprint density at radius 2 is 1.93 bits per heavy atom. The number of hydrogen-bond donors (Lipinski definition) is 2. The lowest BCUT2D eigenvalue weighted by atomic mass is 10.2. The third-order valence-corrected chi connectivity index (χ3v) is 5.48. The Balaban J connectivity index is 1.49. The third kappa shape index (κ3) is 5.08. The highest BCUT2D eigenvalue weighted by Gasteiger charge is 2.10. The molecule has 0 radical (unpaired) electrons. The number of aromatic nitrogens is 3. The Kier molecular flexibility index (Phi) is 6.46. The van der Waals surface area contributed by atoms with Crippen LogP contribution in [0.4, 0.5) is 11.1 Å². The van der Waals surface area contributed by atoms with Crippen LogP contribution in [0.1, 0.15) is 16.8 Å². The van der Waals surface area contributed by atoms with Gasteiger partial charge in [0.05, 0.1) is 10.2 Å². The third-order valence-electron chi connectivity index (χ3n) is 3.82. The molecule has 1 amide bonds. The van der Waals surface area contributed by atoms with E-state index in [0.717, 1.165) is 39.8 Å². The maximum atomic E-state index is 12.1. The molecule has 0 atom stereocenters. The number of thiazole rings is 1. The van der Waals surface area contributed by atoms with E-state index in [4.69, 9.17) is 0 Å². The zero-order valence-corrected chi connectivity index (χ0v) is 17.2. The summed E-state index contributed by atoms with van der Waals surface area (Å²) in [4.78, 5) is 27.8. The van der Waals surface area contributed by atoms with E-state index < -0.39 is 0 Å². The number of thioether (sulfide) groups is 1. The normalized spacial score (nSPS) is 10.8. The second kappa shape index (κ2) is 9.01. The maximum Gasteiger partial charge on any atom is 0.253 e. The van der Waals surface area contributed by atoms with E-state index >= 15 is 0 Å². The second-order valence-corrected chi connectivity index (χ2v) is 7.97. The van der Waals surface area contributed by atoms with Crippen molar-refractivity contribution in [2.75, 3.05) is 44.1 Å². The first kappa shape index (κ1) is 19.4. The van der Waals surface area contributed by atoms with Gasteiger partial charge in [0, 0.05) is 50.0 Å². The first-order valence-electron chi connectivity index (χ1n) is 8.53. The summed E-state index contributed by atoms with van der Waals surface area (Å²) in [5.74, 6) is 0.643. The minimum atomic E-state index is -0.00124. The summed E-state index contributed by atoms with van der Waals surface area (Å²) in [6.07, 6.45) is 6.54. The Morgan fingerprint density at radius 3 is 2.63 bits per heavy atom. The predicted octanol–water partition coefficient (Wildman–Crippen LogP) is 3.42. The van der Waals surface area contributed by atoms with E-state index in [2.05, 4.69) is 25.6 Å². The van der Waals surface area contributed by atoms with Gasteiger partial charge in [0.15, 0.2) is 5.13 Å². The van der Waals surface area contributed by atoms with Crippen molar-refractivity contribution >= 4 is 50.3 Å². The molecule has 2 heterocycles. The number of carbonyl (C=O) groups excluding carboxylic acids is 1. The molecule has 142 valence electrons. The zero-order chi connectivity index (χ0) is 19.2. The molecule has 27 heavy (non-hydrogen) atoms. The number of fused-ring (bicyclic) bond motifs is 1. The van der Waals surface area contributed by atoms with Crippen molar-refractivity contribution in [2.24, 2.45) is 0 Å². The highest BCUT2D eigenvalue weighted by molar-refractivity contribution is 7.98. The van der Waals surface area contributed by atoms with Crippen LogP contribution < -0.4 is 10.6 Å². The molecular weight excluding hydrogens is 380 g/mol. The van der Waals surface area contributed by atoms with Crippen LogP contribution in [0.25, 0.3) is 10.2 Å². The van der Waals surface area contributed by atoms with Crippen molar-refractivity contribution in [1.29, 1.82) is 0 Å². The minimum Gasteiger partial charge on any atom is -0.361 e. The molecule has 0 spiro atoms. The number of nitrogens with one attached hydrogen (secondary N) is 2. The minimum absolute atomic E-state index is 0.00124. The van der Waals surface area contributed by atoms with Crippen molar-refractivity contribution < 1.29 is 4.79 Å². The molecule has 0 aliphatic heterocycles. The fourth-order valence-corrected chi connectivity index (χ4v) is 3.64. The van der Waals surface area contributed by atoms with Gasteiger partial charge in [-0.3, -0.25) is 4.79 Å². The van der Waals surface area contributed by atoms with Gasteiger partial charge < -0.3 is 15.5 Å². The summed E-state index contributed by atoms with van der Waals surface area (Å²) in [6.45, 7) is 1.57. The Bertz CT molecular complexity index is 910. The van der Waals surface area contributed by atoms with Gasteiger partial charge in [-0.25, -0.2) is 15.0 Å². The van der Waals surface area contributed by atoms with Crippen LogP contribution in [0, 0.1) is 0 Å². The van der Waals surface area contributed by atoms with Gasteiger partial charge in [0.2, 0.25) is 5.95 Å². The molecule has 0 bridgehead atoms. The highest BCUT2D eigenvalue weighted by atomic mass is 32.2. The van der Waals surface area contributed by atoms with Gasteiger partial charge >= 0.3 is 0 Å². The van der Waals surface area contributed by atoms with E-state index in [1.807, 2.05) is 36.8 Å². The fraction of sp³-hybridized carbons (Fsp3) is 0.333. The summed E-state index contributed by atoms with van der Waals surface area (Å²) >= 11 is 3.18. The highest BCUT2D eigenvalue weighted by Crippen LogP contribution is 2.27. The number of carbonyl (C=O) groups is 1. The summed E-state index contributed by atoms with van der Waals surface area (Å²) in [5.41, 5.74) is 1.58. The molecule has 0 fully saturated rings. The molecule has 9 heteroatoms. The lowest BCUT2D eigenvalue weighted by molar-refractivity contribution is 0.0828. The van der Waals surface area contributed by atoms with E-state index in [1.165, 1.54) is 0 Å². The SMILES string of the molecule is CSc1cnc(NCCCNc2nc3ccc(C(=O)N(C)C)cc3s2)nc1. The van der Waals surface area contributed by atoms with Crippen LogP contribution in [-0.4, -0.2) is 59.2 Å². The van der Waals surface area contributed by atoms with Gasteiger partial charge in [-0.05, 0) is 30.9 Å². The Hall–Kier alpha value is -2.39. The summed E-state index contributed by atoms with van der Waals surface area (Å²) in [7, 11) is 3.50. The topological polar surface area (TPSA) is 83.0 Å². The van der Waals surface area contributed by atoms with Crippen LogP contribution in [0.2, 0.25) is 0 Å². The summed E-state index contributed by atoms with van der Waals surface area (Å²) < 4.78 is 1.01. The standard InChI is InChI=1S/C18H22N6OS2/c1-24(2)16(25)12-5-6-14-15(9-12)27-18(23-14)20-8-4-7-19-17-21-10-13(26-3)11-22-17/h5-6,9-11H,4,7-8H2,1-3H3,(H,20,23)(H,19,21,22). The van der Waals surface area contributed by atoms with Crippen molar-refractivity contribution in [2.45, 2.75) is 11.3 Å². The molecule has 7 nitrogen and oxygen atoms in total. The van der Waals surface area contributed by atoms with Crippen molar-refractivity contribution in [1.82, 2.24) is 19.9 Å². The Labute approximate surface area is 166 Å². The lowest BCUT2D eigenvalue weighted by Crippen LogP contribution is -2.21. The first-order chi connectivity index (χ1) is 13.1. The van der Waals surface area contributed by atoms with E-state index in [9.17, 15) is 4.79 Å². The van der Waals surface area contributed by atoms with Gasteiger partial charge in [-0.1, -0.05) is 11.3 Å². The quantitative estimate of drug-likeness (QED) is 0.441. The van der Waals surface area contributed by atoms with Gasteiger partial charge in [0.25, 0.3) is 5.91 Å². The summed E-state index contributed by atoms with van der Waals surface area (Å²) in [6, 6.07) is 5.61. The molecule has 0 aliphatic carbocycles. The van der Waals surface area contributed by atoms with Crippen LogP contribution >= 0.6 is 23.1 Å². The number of anilines is 2. The average Bonchev–Trinajstić information content (AvgIpc) is 3.09. The number of benzene rings is 1. The fourth-order valence-electron chi connectivity index (χ4n) is 2.39. The van der Waals surface area contributed by atoms with E-state index in [-0.39, 0.29) is 5.91 Å². The number of amides is 1. The molecule has 3 rings (SSSR count). The second-order valence-electron chi connectivity index (χ2n) is 6.05. The number of rotatable bonds is 8. The monoisotopic (exact) mass is 402 g/mol. The molecule has 0 saturated heterocycles. The zero-order valence-electron chi connectivity index (χ0n) is 15.5. The molecule has 0 unspecified atom stereocenters. The molecule has 1 aromatic carbocycles. The Morgan fingerprint density at radius 1 is 1.19 bits per heavy atom. The molecular formula is C18H22N6OS2. The predicted molar refractivity (Wildman–Crippen MR) is 113 cm³/mol. The van der Waals surface area contributed by atoms with Crippen LogP contribution in [0.5, 0.6) is 0 Å². The number of nitrogens with zero attached hydrogens (tertiary/aromatic N) is 4. The molecule has 2 N–H and O–H groups in total.